The van der Waals surface area contributed by atoms with Crippen LogP contribution in [0, 0.1) is 5.82 Å². The minimum Gasteiger partial charge on any atom is -0.462 e. The van der Waals surface area contributed by atoms with Crippen LogP contribution in [0.1, 0.15) is 22.7 Å². The second-order valence-corrected chi connectivity index (χ2v) is 5.74. The molecule has 1 aromatic heterocycles. The Hall–Kier alpha value is -3.55. The maximum Gasteiger partial charge on any atom is 0.338 e. The third-order valence-corrected chi connectivity index (χ3v) is 3.70. The molecule has 0 radical (unpaired) electrons. The number of aryl methyl sites for hydroxylation is 1. The van der Waals surface area contributed by atoms with Crippen molar-refractivity contribution in [1.29, 1.82) is 0 Å². The first-order chi connectivity index (χ1) is 13.6. The molecule has 144 valence electrons. The van der Waals surface area contributed by atoms with Crippen LogP contribution in [0.5, 0.6) is 0 Å². The van der Waals surface area contributed by atoms with Gasteiger partial charge in [0, 0.05) is 12.0 Å². The number of carbonyl (C=O) groups excluding carboxylic acids is 2. The van der Waals surface area contributed by atoms with Gasteiger partial charge in [0.2, 0.25) is 11.7 Å². The van der Waals surface area contributed by atoms with Crippen molar-refractivity contribution >= 4 is 11.9 Å². The van der Waals surface area contributed by atoms with E-state index in [0.717, 1.165) is 0 Å². The van der Waals surface area contributed by atoms with Gasteiger partial charge in [0.15, 0.2) is 0 Å². The Kier molecular flexibility index (Phi) is 6.46. The summed E-state index contributed by atoms with van der Waals surface area (Å²) in [5, 5.41) is 3.80. The summed E-state index contributed by atoms with van der Waals surface area (Å²) in [6.45, 7) is -0.0726. The summed E-state index contributed by atoms with van der Waals surface area (Å²) in [7, 11) is 0. The van der Waals surface area contributed by atoms with E-state index in [2.05, 4.69) is 10.1 Å². The molecule has 7 nitrogen and oxygen atoms in total. The fourth-order valence-corrected chi connectivity index (χ4v) is 2.30. The molecule has 1 heterocycles. The Labute approximate surface area is 160 Å². The molecule has 0 fully saturated rings. The Bertz CT molecular complexity index is 925. The lowest BCUT2D eigenvalue weighted by Crippen LogP contribution is -2.14. The van der Waals surface area contributed by atoms with Crippen molar-refractivity contribution in [1.82, 2.24) is 10.1 Å². The van der Waals surface area contributed by atoms with E-state index in [-0.39, 0.29) is 37.8 Å². The number of ether oxygens (including phenoxy) is 2. The van der Waals surface area contributed by atoms with Gasteiger partial charge in [0.1, 0.15) is 19.0 Å². The van der Waals surface area contributed by atoms with E-state index < -0.39 is 11.9 Å². The van der Waals surface area contributed by atoms with Crippen LogP contribution in [-0.2, 0) is 20.7 Å². The van der Waals surface area contributed by atoms with Crippen LogP contribution in [0.25, 0.3) is 11.4 Å². The van der Waals surface area contributed by atoms with E-state index in [1.54, 1.807) is 30.3 Å². The van der Waals surface area contributed by atoms with Crippen LogP contribution < -0.4 is 0 Å². The Balaban J connectivity index is 1.37. The molecule has 0 aliphatic heterocycles. The fraction of sp³-hybridized carbons (Fsp3) is 0.200. The van der Waals surface area contributed by atoms with Crippen LogP contribution in [0.2, 0.25) is 0 Å². The highest BCUT2D eigenvalue weighted by Crippen LogP contribution is 2.16. The van der Waals surface area contributed by atoms with Crippen LogP contribution in [0.4, 0.5) is 4.39 Å². The molecule has 0 aliphatic rings. The molecule has 0 N–H and O–H groups in total. The molecular formula is C20H17FN2O5. The highest BCUT2D eigenvalue weighted by atomic mass is 19.1. The summed E-state index contributed by atoms with van der Waals surface area (Å²) in [5.74, 6) is -0.722. The Morgan fingerprint density at radius 3 is 2.43 bits per heavy atom. The molecule has 3 rings (SSSR count). The number of rotatable bonds is 8. The molecule has 0 saturated heterocycles. The molecule has 0 amide bonds. The molecule has 3 aromatic rings. The van der Waals surface area contributed by atoms with Gasteiger partial charge in [-0.05, 0) is 36.4 Å². The summed E-state index contributed by atoms with van der Waals surface area (Å²) in [5.41, 5.74) is 1.04. The number of aromatic nitrogens is 2. The van der Waals surface area contributed by atoms with E-state index in [0.29, 0.717) is 17.0 Å². The van der Waals surface area contributed by atoms with Gasteiger partial charge in [-0.25, -0.2) is 9.18 Å². The summed E-state index contributed by atoms with van der Waals surface area (Å²) < 4.78 is 28.0. The first-order valence-corrected chi connectivity index (χ1v) is 8.58. The topological polar surface area (TPSA) is 91.5 Å². The lowest BCUT2D eigenvalue weighted by molar-refractivity contribution is -0.144. The van der Waals surface area contributed by atoms with E-state index in [1.807, 2.05) is 0 Å². The van der Waals surface area contributed by atoms with Crippen molar-refractivity contribution in [2.75, 3.05) is 13.2 Å². The van der Waals surface area contributed by atoms with Crippen molar-refractivity contribution in [2.45, 2.75) is 12.8 Å². The predicted molar refractivity (Wildman–Crippen MR) is 95.7 cm³/mol. The molecule has 28 heavy (non-hydrogen) atoms. The monoisotopic (exact) mass is 384 g/mol. The van der Waals surface area contributed by atoms with Crippen molar-refractivity contribution in [3.63, 3.8) is 0 Å². The first kappa shape index (κ1) is 19.2. The molecule has 0 aliphatic carbocycles. The summed E-state index contributed by atoms with van der Waals surface area (Å²) in [4.78, 5) is 27.6. The van der Waals surface area contributed by atoms with Gasteiger partial charge in [-0.15, -0.1) is 0 Å². The normalized spacial score (nSPS) is 10.5. The van der Waals surface area contributed by atoms with Gasteiger partial charge in [-0.1, -0.05) is 23.4 Å². The third-order valence-electron chi connectivity index (χ3n) is 3.70. The zero-order valence-corrected chi connectivity index (χ0v) is 14.8. The molecule has 8 heteroatoms. The highest BCUT2D eigenvalue weighted by Gasteiger charge is 2.12. The van der Waals surface area contributed by atoms with Crippen molar-refractivity contribution in [3.05, 3.63) is 71.9 Å². The Morgan fingerprint density at radius 1 is 0.964 bits per heavy atom. The van der Waals surface area contributed by atoms with Crippen molar-refractivity contribution in [2.24, 2.45) is 0 Å². The van der Waals surface area contributed by atoms with Crippen LogP contribution in [-0.4, -0.2) is 35.3 Å². The van der Waals surface area contributed by atoms with Crippen LogP contribution in [0.15, 0.2) is 59.1 Å². The lowest BCUT2D eigenvalue weighted by Gasteiger charge is -2.06. The summed E-state index contributed by atoms with van der Waals surface area (Å²) >= 11 is 0. The van der Waals surface area contributed by atoms with Crippen molar-refractivity contribution < 1.29 is 28.0 Å². The largest absolute Gasteiger partial charge is 0.462 e. The zero-order valence-electron chi connectivity index (χ0n) is 14.8. The first-order valence-electron chi connectivity index (χ1n) is 8.58. The predicted octanol–water partition coefficient (Wildman–Crippen LogP) is 3.21. The number of benzene rings is 2. The lowest BCUT2D eigenvalue weighted by atomic mass is 10.2. The van der Waals surface area contributed by atoms with Gasteiger partial charge < -0.3 is 14.0 Å². The SMILES string of the molecule is O=C(CCc1nc(-c2ccc(F)cc2)no1)OCCOC(=O)c1ccccc1. The molecule has 0 unspecified atom stereocenters. The number of esters is 2. The van der Waals surface area contributed by atoms with E-state index in [1.165, 1.54) is 24.3 Å². The van der Waals surface area contributed by atoms with Crippen LogP contribution >= 0.6 is 0 Å². The Morgan fingerprint density at radius 2 is 1.68 bits per heavy atom. The minimum absolute atomic E-state index is 0.0330. The smallest absolute Gasteiger partial charge is 0.338 e. The zero-order chi connectivity index (χ0) is 19.8. The molecule has 0 spiro atoms. The quantitative estimate of drug-likeness (QED) is 0.435. The molecule has 0 bridgehead atoms. The standard InChI is InChI=1S/C20H17FN2O5/c21-16-8-6-14(7-9-16)19-22-17(28-23-19)10-11-18(24)26-12-13-27-20(25)15-4-2-1-3-5-15/h1-9H,10-13H2. The summed E-state index contributed by atoms with van der Waals surface area (Å²) in [6.07, 6.45) is 0.245. The number of hydrogen-bond donors (Lipinski definition) is 0. The number of halogens is 1. The maximum atomic E-state index is 12.9. The number of carbonyl (C=O) groups is 2. The summed E-state index contributed by atoms with van der Waals surface area (Å²) in [6, 6.07) is 14.2. The van der Waals surface area contributed by atoms with E-state index >= 15 is 0 Å². The van der Waals surface area contributed by atoms with Gasteiger partial charge >= 0.3 is 11.9 Å². The second kappa shape index (κ2) is 9.40. The number of nitrogens with zero attached hydrogens (tertiary/aromatic N) is 2. The molecule has 0 atom stereocenters. The van der Waals surface area contributed by atoms with Gasteiger partial charge in [0.25, 0.3) is 0 Å². The average Bonchev–Trinajstić information content (AvgIpc) is 3.20. The molecule has 0 saturated carbocycles. The van der Waals surface area contributed by atoms with Gasteiger partial charge in [-0.3, -0.25) is 4.79 Å². The van der Waals surface area contributed by atoms with Gasteiger partial charge in [-0.2, -0.15) is 4.98 Å². The van der Waals surface area contributed by atoms with Gasteiger partial charge in [0.05, 0.1) is 12.0 Å². The fourth-order valence-electron chi connectivity index (χ4n) is 2.30. The van der Waals surface area contributed by atoms with E-state index in [4.69, 9.17) is 14.0 Å². The van der Waals surface area contributed by atoms with Crippen molar-refractivity contribution in [3.8, 4) is 11.4 Å². The minimum atomic E-state index is -0.476. The highest BCUT2D eigenvalue weighted by molar-refractivity contribution is 5.89. The molecular weight excluding hydrogens is 367 g/mol. The van der Waals surface area contributed by atoms with E-state index in [9.17, 15) is 14.0 Å². The number of hydrogen-bond acceptors (Lipinski definition) is 7. The molecule has 2 aromatic carbocycles. The second-order valence-electron chi connectivity index (χ2n) is 5.74. The third kappa shape index (κ3) is 5.47. The van der Waals surface area contributed by atoms with Crippen LogP contribution in [0.3, 0.4) is 0 Å². The average molecular weight is 384 g/mol. The maximum absolute atomic E-state index is 12.9.